The van der Waals surface area contributed by atoms with Gasteiger partial charge in [0.25, 0.3) is 5.91 Å². The van der Waals surface area contributed by atoms with Gasteiger partial charge >= 0.3 is 0 Å². The lowest BCUT2D eigenvalue weighted by Crippen LogP contribution is -2.26. The van der Waals surface area contributed by atoms with E-state index >= 15 is 0 Å². The van der Waals surface area contributed by atoms with Crippen molar-refractivity contribution in [3.05, 3.63) is 136 Å². The Labute approximate surface area is 278 Å². The Hall–Kier alpha value is -5.84. The molecule has 4 rings (SSSR count). The van der Waals surface area contributed by atoms with Gasteiger partial charge in [-0.1, -0.05) is 106 Å². The van der Waals surface area contributed by atoms with Crippen molar-refractivity contribution in [3.8, 4) is 24.0 Å². The van der Waals surface area contributed by atoms with E-state index < -0.39 is 5.91 Å². The number of allylic oxidation sites excluding steroid dienone is 4. The van der Waals surface area contributed by atoms with Gasteiger partial charge in [0.15, 0.2) is 5.57 Å². The smallest absolute Gasteiger partial charge is 0.260 e. The molecule has 1 aliphatic rings. The van der Waals surface area contributed by atoms with E-state index in [1.165, 1.54) is 4.90 Å². The molecule has 0 aromatic heterocycles. The predicted octanol–water partition coefficient (Wildman–Crippen LogP) is 8.41. The average molecular weight is 622 g/mol. The van der Waals surface area contributed by atoms with Crippen molar-refractivity contribution in [1.82, 2.24) is 4.90 Å². The third kappa shape index (κ3) is 8.88. The fourth-order valence-electron chi connectivity index (χ4n) is 5.29. The second-order valence-corrected chi connectivity index (χ2v) is 11.1. The van der Waals surface area contributed by atoms with Gasteiger partial charge in [-0.05, 0) is 42.2 Å². The Morgan fingerprint density at radius 1 is 0.830 bits per heavy atom. The maximum atomic E-state index is 13.6. The molecule has 47 heavy (non-hydrogen) atoms. The molecular weight excluding hydrogens is 582 g/mol. The Bertz CT molecular complexity index is 1760. The highest BCUT2D eigenvalue weighted by atomic mass is 16.5. The molecular formula is C40H39N5O2. The number of rotatable bonds is 15. The molecule has 7 nitrogen and oxygen atoms in total. The van der Waals surface area contributed by atoms with Gasteiger partial charge in [-0.2, -0.15) is 15.8 Å². The van der Waals surface area contributed by atoms with Crippen LogP contribution < -0.4 is 9.64 Å². The van der Waals surface area contributed by atoms with Crippen LogP contribution in [0, 0.1) is 34.0 Å². The minimum Gasteiger partial charge on any atom is -0.488 e. The summed E-state index contributed by atoms with van der Waals surface area (Å²) in [5, 5.41) is 29.3. The van der Waals surface area contributed by atoms with Crippen molar-refractivity contribution in [1.29, 1.82) is 15.8 Å². The summed E-state index contributed by atoms with van der Waals surface area (Å²) in [7, 11) is 0. The highest BCUT2D eigenvalue weighted by Gasteiger charge is 2.36. The van der Waals surface area contributed by atoms with Gasteiger partial charge in [-0.15, -0.1) is 0 Å². The fraction of sp³-hybridized carbons (Fsp3) is 0.250. The number of unbranched alkanes of at least 4 members (excludes halogenated alkanes) is 2. The van der Waals surface area contributed by atoms with Crippen LogP contribution in [0.4, 0.5) is 5.69 Å². The Morgan fingerprint density at radius 3 is 2.04 bits per heavy atom. The van der Waals surface area contributed by atoms with E-state index in [-0.39, 0.29) is 29.0 Å². The first-order chi connectivity index (χ1) is 23.0. The van der Waals surface area contributed by atoms with Crippen LogP contribution in [-0.2, 0) is 17.9 Å². The van der Waals surface area contributed by atoms with Crippen molar-refractivity contribution >= 4 is 17.7 Å². The number of anilines is 1. The average Bonchev–Trinajstić information content (AvgIpc) is 3.36. The van der Waals surface area contributed by atoms with Crippen LogP contribution in [0.3, 0.4) is 0 Å². The van der Waals surface area contributed by atoms with E-state index in [9.17, 15) is 20.6 Å². The van der Waals surface area contributed by atoms with Gasteiger partial charge in [-0.25, -0.2) is 0 Å². The quantitative estimate of drug-likeness (QED) is 0.125. The molecule has 0 N–H and O–H groups in total. The van der Waals surface area contributed by atoms with Crippen LogP contribution in [0.2, 0.25) is 0 Å². The van der Waals surface area contributed by atoms with Gasteiger partial charge in [0, 0.05) is 30.4 Å². The second-order valence-electron chi connectivity index (χ2n) is 11.1. The predicted molar refractivity (Wildman–Crippen MR) is 185 cm³/mol. The number of hydrogen-bond donors (Lipinski definition) is 0. The summed E-state index contributed by atoms with van der Waals surface area (Å²) in [6, 6.07) is 31.3. The number of benzene rings is 3. The molecule has 0 saturated carbocycles. The van der Waals surface area contributed by atoms with E-state index in [2.05, 4.69) is 36.9 Å². The van der Waals surface area contributed by atoms with E-state index in [0.29, 0.717) is 6.61 Å². The third-order valence-electron chi connectivity index (χ3n) is 7.82. The number of nitrogens with zero attached hydrogens (tertiary/aromatic N) is 5. The molecule has 0 aliphatic carbocycles. The maximum absolute atomic E-state index is 13.6. The van der Waals surface area contributed by atoms with Crippen LogP contribution in [0.15, 0.2) is 120 Å². The van der Waals surface area contributed by atoms with Gasteiger partial charge in [-0.3, -0.25) is 4.79 Å². The molecule has 1 aliphatic heterocycles. The standard InChI is InChI=1S/C40H39N5O2/c1-3-5-23-44(24-6-4-2)35-22-21-33(38(25-35)47-30-32-17-11-8-12-18-32)19-13-14-20-36-37(28-43)39(34(26-41)27-42)45(40(36)46)29-31-15-9-7-10-16-31/h7-22,25H,3-6,23-24,29-30H2,1-2H3/b19-13+,20-14+. The van der Waals surface area contributed by atoms with E-state index in [1.54, 1.807) is 18.2 Å². The SMILES string of the molecule is CCCCN(CCCC)c1ccc(/C=C/C=C/C2=C(C#N)C(=C(C#N)C#N)N(Cc3ccccc3)C2=O)c(OCc2ccccc2)c1. The number of nitriles is 3. The van der Waals surface area contributed by atoms with Crippen molar-refractivity contribution in [2.45, 2.75) is 52.7 Å². The molecule has 0 atom stereocenters. The zero-order valence-electron chi connectivity index (χ0n) is 27.0. The highest BCUT2D eigenvalue weighted by Crippen LogP contribution is 2.34. The topological polar surface area (TPSA) is 104 Å². The molecule has 1 amide bonds. The lowest BCUT2D eigenvalue weighted by atomic mass is 10.1. The van der Waals surface area contributed by atoms with Gasteiger partial charge in [0.1, 0.15) is 30.6 Å². The third-order valence-corrected chi connectivity index (χ3v) is 7.82. The summed E-state index contributed by atoms with van der Waals surface area (Å²) < 4.78 is 6.36. The van der Waals surface area contributed by atoms with Crippen LogP contribution in [0.25, 0.3) is 6.08 Å². The summed E-state index contributed by atoms with van der Waals surface area (Å²) in [6.45, 7) is 6.91. The maximum Gasteiger partial charge on any atom is 0.260 e. The van der Waals surface area contributed by atoms with Crippen LogP contribution >= 0.6 is 0 Å². The molecule has 0 unspecified atom stereocenters. The minimum absolute atomic E-state index is 0.00386. The Balaban J connectivity index is 1.65. The van der Waals surface area contributed by atoms with Gasteiger partial charge in [0.2, 0.25) is 0 Å². The molecule has 3 aromatic carbocycles. The van der Waals surface area contributed by atoms with Gasteiger partial charge < -0.3 is 14.5 Å². The van der Waals surface area contributed by atoms with Gasteiger partial charge in [0.05, 0.1) is 23.4 Å². The summed E-state index contributed by atoms with van der Waals surface area (Å²) in [4.78, 5) is 17.3. The lowest BCUT2D eigenvalue weighted by molar-refractivity contribution is -0.124. The molecule has 0 bridgehead atoms. The first kappa shape index (κ1) is 34.0. The van der Waals surface area contributed by atoms with E-state index in [1.807, 2.05) is 84.9 Å². The monoisotopic (exact) mass is 621 g/mol. The largest absolute Gasteiger partial charge is 0.488 e. The summed E-state index contributed by atoms with van der Waals surface area (Å²) in [5.41, 5.74) is 3.76. The highest BCUT2D eigenvalue weighted by molar-refractivity contribution is 6.04. The summed E-state index contributed by atoms with van der Waals surface area (Å²) in [6.07, 6.45) is 11.4. The minimum atomic E-state index is -0.441. The lowest BCUT2D eigenvalue weighted by Gasteiger charge is -2.25. The van der Waals surface area contributed by atoms with Crippen molar-refractivity contribution in [2.75, 3.05) is 18.0 Å². The molecule has 0 radical (unpaired) electrons. The number of hydrogen-bond acceptors (Lipinski definition) is 6. The van der Waals surface area contributed by atoms with Crippen LogP contribution in [0.1, 0.15) is 56.2 Å². The van der Waals surface area contributed by atoms with Crippen molar-refractivity contribution in [3.63, 3.8) is 0 Å². The summed E-state index contributed by atoms with van der Waals surface area (Å²) in [5.74, 6) is 0.304. The molecule has 0 saturated heterocycles. The Morgan fingerprint density at radius 2 is 1.45 bits per heavy atom. The summed E-state index contributed by atoms with van der Waals surface area (Å²) >= 11 is 0. The van der Waals surface area contributed by atoms with Crippen LogP contribution in [-0.4, -0.2) is 23.9 Å². The zero-order valence-corrected chi connectivity index (χ0v) is 27.0. The molecule has 0 spiro atoms. The molecule has 1 heterocycles. The normalized spacial score (nSPS) is 12.8. The van der Waals surface area contributed by atoms with Crippen molar-refractivity contribution in [2.24, 2.45) is 0 Å². The number of amides is 1. The number of ether oxygens (including phenoxy) is 1. The molecule has 7 heteroatoms. The first-order valence-corrected chi connectivity index (χ1v) is 16.0. The molecule has 0 fully saturated rings. The van der Waals surface area contributed by atoms with Crippen LogP contribution in [0.5, 0.6) is 5.75 Å². The van der Waals surface area contributed by atoms with E-state index in [4.69, 9.17) is 4.74 Å². The molecule has 236 valence electrons. The number of carbonyl (C=O) groups excluding carboxylic acids is 1. The second kappa shape index (κ2) is 17.6. The fourth-order valence-corrected chi connectivity index (χ4v) is 5.29. The zero-order chi connectivity index (χ0) is 33.4. The van der Waals surface area contributed by atoms with E-state index in [0.717, 1.165) is 66.9 Å². The number of carbonyl (C=O) groups is 1. The molecule has 3 aromatic rings. The Kier molecular flexibility index (Phi) is 12.7. The first-order valence-electron chi connectivity index (χ1n) is 16.0. The van der Waals surface area contributed by atoms with Crippen molar-refractivity contribution < 1.29 is 9.53 Å².